The standard InChI is InChI=1S/C47H43N7O6/c1-30-8-15-42-38(20-30)41(55)25-45(60-42)47(57)51-39-24-44(59-4)43(58-3)23-37(39)46(56)50-35-12-9-31(10-13-35)16-18-53(28-33-11-14-40-34(21-33)26-49-52(40)2)27-32-6-5-7-36(22-32)54-19-17-48-29-54/h5-15,17,19-26,29H,16,18,27-28H2,1-4H3,(H,50,56)(H,51,57). The van der Waals surface area contributed by atoms with Crippen LogP contribution in [0.25, 0.3) is 27.6 Å². The highest BCUT2D eigenvalue weighted by Gasteiger charge is 2.21. The van der Waals surface area contributed by atoms with Crippen molar-refractivity contribution in [3.05, 3.63) is 172 Å². The molecule has 3 heterocycles. The number of hydrogen-bond acceptors (Lipinski definition) is 9. The van der Waals surface area contributed by atoms with Crippen LogP contribution in [-0.2, 0) is 26.6 Å². The highest BCUT2D eigenvalue weighted by atomic mass is 16.5. The van der Waals surface area contributed by atoms with Crippen LogP contribution in [0.5, 0.6) is 11.5 Å². The normalized spacial score (nSPS) is 11.3. The molecule has 0 aliphatic rings. The molecule has 0 radical (unpaired) electrons. The van der Waals surface area contributed by atoms with E-state index in [1.165, 1.54) is 37.5 Å². The van der Waals surface area contributed by atoms with Crippen molar-refractivity contribution in [2.75, 3.05) is 31.4 Å². The van der Waals surface area contributed by atoms with Gasteiger partial charge in [-0.3, -0.25) is 24.0 Å². The Balaban J connectivity index is 0.983. The summed E-state index contributed by atoms with van der Waals surface area (Å²) >= 11 is 0. The van der Waals surface area contributed by atoms with E-state index in [2.05, 4.69) is 68.1 Å². The van der Waals surface area contributed by atoms with Crippen molar-refractivity contribution < 1.29 is 23.5 Å². The van der Waals surface area contributed by atoms with Gasteiger partial charge in [0, 0.05) is 68.0 Å². The van der Waals surface area contributed by atoms with E-state index in [1.807, 2.05) is 59.9 Å². The maximum absolute atomic E-state index is 13.9. The molecule has 3 aromatic heterocycles. The number of rotatable bonds is 14. The van der Waals surface area contributed by atoms with Crippen molar-refractivity contribution in [1.29, 1.82) is 0 Å². The highest BCUT2D eigenvalue weighted by Crippen LogP contribution is 2.34. The fourth-order valence-electron chi connectivity index (χ4n) is 7.25. The van der Waals surface area contributed by atoms with Crippen molar-refractivity contribution in [3.8, 4) is 17.2 Å². The molecule has 2 N–H and O–H groups in total. The second-order valence-corrected chi connectivity index (χ2v) is 14.6. The summed E-state index contributed by atoms with van der Waals surface area (Å²) in [5.41, 5.74) is 7.23. The molecule has 0 saturated carbocycles. The van der Waals surface area contributed by atoms with E-state index >= 15 is 0 Å². The molecule has 302 valence electrons. The molecule has 60 heavy (non-hydrogen) atoms. The summed E-state index contributed by atoms with van der Waals surface area (Å²) in [4.78, 5) is 46.8. The van der Waals surface area contributed by atoms with E-state index < -0.39 is 11.8 Å². The Hall–Kier alpha value is -7.51. The first-order valence-electron chi connectivity index (χ1n) is 19.4. The van der Waals surface area contributed by atoms with E-state index in [0.29, 0.717) is 22.6 Å². The van der Waals surface area contributed by atoms with Gasteiger partial charge in [-0.2, -0.15) is 5.10 Å². The van der Waals surface area contributed by atoms with Crippen LogP contribution in [0.15, 0.2) is 137 Å². The van der Waals surface area contributed by atoms with Crippen LogP contribution in [-0.4, -0.2) is 56.8 Å². The number of imidazole rings is 1. The van der Waals surface area contributed by atoms with Gasteiger partial charge in [-0.1, -0.05) is 42.0 Å². The van der Waals surface area contributed by atoms with E-state index in [-0.39, 0.29) is 28.0 Å². The van der Waals surface area contributed by atoms with Crippen molar-refractivity contribution in [1.82, 2.24) is 24.2 Å². The van der Waals surface area contributed by atoms with E-state index in [4.69, 9.17) is 13.9 Å². The fraction of sp³-hybridized carbons (Fsp3) is 0.170. The topological polar surface area (TPSA) is 146 Å². The van der Waals surface area contributed by atoms with Gasteiger partial charge in [0.05, 0.1) is 48.9 Å². The summed E-state index contributed by atoms with van der Waals surface area (Å²) in [6.07, 6.45) is 8.17. The highest BCUT2D eigenvalue weighted by molar-refractivity contribution is 6.12. The van der Waals surface area contributed by atoms with Crippen LogP contribution in [0.4, 0.5) is 11.4 Å². The SMILES string of the molecule is COc1cc(NC(=O)c2cc(=O)c3cc(C)ccc3o2)c(C(=O)Nc2ccc(CCN(Cc3cccc(-n4ccnc4)c3)Cc3ccc4c(cnn4C)c3)cc2)cc1OC. The molecular formula is C47H43N7O6. The molecule has 0 unspecified atom stereocenters. The Bertz CT molecular complexity index is 2900. The van der Waals surface area contributed by atoms with Crippen LogP contribution in [0, 0.1) is 6.92 Å². The number of nitrogens with zero attached hydrogens (tertiary/aromatic N) is 5. The number of carbonyl (C=O) groups is 2. The second kappa shape index (κ2) is 17.1. The zero-order valence-corrected chi connectivity index (χ0v) is 33.6. The summed E-state index contributed by atoms with van der Waals surface area (Å²) < 4.78 is 20.6. The zero-order valence-electron chi connectivity index (χ0n) is 33.6. The Morgan fingerprint density at radius 2 is 1.58 bits per heavy atom. The molecule has 5 aromatic carbocycles. The number of amides is 2. The molecule has 8 aromatic rings. The quantitative estimate of drug-likeness (QED) is 0.112. The Labute approximate surface area is 345 Å². The van der Waals surface area contributed by atoms with Gasteiger partial charge in [-0.15, -0.1) is 0 Å². The number of nitrogens with one attached hydrogen (secondary N) is 2. The molecule has 0 saturated heterocycles. The van der Waals surface area contributed by atoms with Gasteiger partial charge in [0.2, 0.25) is 0 Å². The van der Waals surface area contributed by atoms with E-state index in [1.54, 1.807) is 30.7 Å². The second-order valence-electron chi connectivity index (χ2n) is 14.6. The van der Waals surface area contributed by atoms with Crippen molar-refractivity contribution in [2.45, 2.75) is 26.4 Å². The molecule has 0 atom stereocenters. The minimum absolute atomic E-state index is 0.112. The van der Waals surface area contributed by atoms with Crippen molar-refractivity contribution >= 4 is 45.1 Å². The molecular weight excluding hydrogens is 759 g/mol. The Morgan fingerprint density at radius 3 is 2.35 bits per heavy atom. The summed E-state index contributed by atoms with van der Waals surface area (Å²) in [7, 11) is 4.86. The molecule has 0 aliphatic carbocycles. The molecule has 13 heteroatoms. The number of aryl methyl sites for hydroxylation is 2. The summed E-state index contributed by atoms with van der Waals surface area (Å²) in [6.45, 7) is 4.12. The van der Waals surface area contributed by atoms with E-state index in [9.17, 15) is 14.4 Å². The monoisotopic (exact) mass is 801 g/mol. The van der Waals surface area contributed by atoms with Gasteiger partial charge in [0.1, 0.15) is 5.58 Å². The van der Waals surface area contributed by atoms with Gasteiger partial charge in [0.25, 0.3) is 11.8 Å². The molecule has 0 spiro atoms. The Kier molecular flexibility index (Phi) is 11.2. The number of carbonyl (C=O) groups excluding carboxylic acids is 2. The lowest BCUT2D eigenvalue weighted by Crippen LogP contribution is -2.25. The summed E-state index contributed by atoms with van der Waals surface area (Å²) in [6, 6.07) is 31.9. The van der Waals surface area contributed by atoms with Gasteiger partial charge in [-0.25, -0.2) is 4.98 Å². The predicted octanol–water partition coefficient (Wildman–Crippen LogP) is 7.94. The smallest absolute Gasteiger partial charge is 0.291 e. The lowest BCUT2D eigenvalue weighted by atomic mass is 10.1. The average Bonchev–Trinajstić information content (AvgIpc) is 3.93. The van der Waals surface area contributed by atoms with Crippen molar-refractivity contribution in [2.24, 2.45) is 7.05 Å². The maximum atomic E-state index is 13.9. The van der Waals surface area contributed by atoms with Gasteiger partial charge in [0.15, 0.2) is 22.7 Å². The number of hydrogen-bond donors (Lipinski definition) is 2. The van der Waals surface area contributed by atoms with Crippen LogP contribution in [0.1, 0.15) is 43.2 Å². The number of aromatic nitrogens is 4. The molecule has 0 aliphatic heterocycles. The average molecular weight is 802 g/mol. The van der Waals surface area contributed by atoms with Crippen LogP contribution >= 0.6 is 0 Å². The predicted molar refractivity (Wildman–Crippen MR) is 231 cm³/mol. The molecule has 8 rings (SSSR count). The van der Waals surface area contributed by atoms with Gasteiger partial charge >= 0.3 is 0 Å². The first-order chi connectivity index (χ1) is 29.1. The number of anilines is 2. The zero-order chi connectivity index (χ0) is 41.8. The molecule has 13 nitrogen and oxygen atoms in total. The lowest BCUT2D eigenvalue weighted by molar-refractivity contribution is 0.0997. The van der Waals surface area contributed by atoms with Crippen LogP contribution < -0.4 is 25.5 Å². The third-order valence-electron chi connectivity index (χ3n) is 10.4. The van der Waals surface area contributed by atoms with Gasteiger partial charge < -0.3 is 29.1 Å². The maximum Gasteiger partial charge on any atom is 0.291 e. The third kappa shape index (κ3) is 8.66. The summed E-state index contributed by atoms with van der Waals surface area (Å²) in [5, 5.41) is 11.6. The minimum Gasteiger partial charge on any atom is -0.493 e. The first-order valence-corrected chi connectivity index (χ1v) is 19.4. The van der Waals surface area contributed by atoms with Crippen LogP contribution in [0.3, 0.4) is 0 Å². The van der Waals surface area contributed by atoms with Crippen LogP contribution in [0.2, 0.25) is 0 Å². The largest absolute Gasteiger partial charge is 0.493 e. The van der Waals surface area contributed by atoms with Gasteiger partial charge in [-0.05, 0) is 84.6 Å². The van der Waals surface area contributed by atoms with E-state index in [0.717, 1.165) is 59.8 Å². The number of benzene rings is 5. The molecule has 2 amide bonds. The summed E-state index contributed by atoms with van der Waals surface area (Å²) in [5.74, 6) is -0.824. The lowest BCUT2D eigenvalue weighted by Gasteiger charge is -2.23. The molecule has 0 fully saturated rings. The number of methoxy groups -OCH3 is 2. The number of fused-ring (bicyclic) bond motifs is 2. The molecule has 0 bridgehead atoms. The Morgan fingerprint density at radius 1 is 0.817 bits per heavy atom. The third-order valence-corrected chi connectivity index (χ3v) is 10.4. The first kappa shape index (κ1) is 39.3. The minimum atomic E-state index is -0.710. The number of ether oxygens (including phenoxy) is 2. The fourth-order valence-corrected chi connectivity index (χ4v) is 7.25. The van der Waals surface area contributed by atoms with Crippen molar-refractivity contribution in [3.63, 3.8) is 0 Å².